The SMILES string of the molecule is Cc1cc(CNC(=O)c2sccc2C=CC(=O)O)no1. The summed E-state index contributed by atoms with van der Waals surface area (Å²) in [6, 6.07) is 3.43. The minimum atomic E-state index is -1.05. The Morgan fingerprint density at radius 1 is 1.55 bits per heavy atom. The molecule has 2 heterocycles. The summed E-state index contributed by atoms with van der Waals surface area (Å²) in [6.45, 7) is 2.03. The monoisotopic (exact) mass is 292 g/mol. The largest absolute Gasteiger partial charge is 0.478 e. The molecule has 1 amide bonds. The lowest BCUT2D eigenvalue weighted by Crippen LogP contribution is -2.22. The molecule has 0 saturated heterocycles. The summed E-state index contributed by atoms with van der Waals surface area (Å²) in [7, 11) is 0. The number of hydrogen-bond acceptors (Lipinski definition) is 5. The van der Waals surface area contributed by atoms with E-state index in [-0.39, 0.29) is 12.5 Å². The summed E-state index contributed by atoms with van der Waals surface area (Å²) in [5.41, 5.74) is 1.21. The van der Waals surface area contributed by atoms with E-state index >= 15 is 0 Å². The molecule has 0 bridgehead atoms. The highest BCUT2D eigenvalue weighted by atomic mass is 32.1. The van der Waals surface area contributed by atoms with Gasteiger partial charge in [0.1, 0.15) is 11.5 Å². The molecule has 0 aromatic carbocycles. The fraction of sp³-hybridized carbons (Fsp3) is 0.154. The number of nitrogens with zero attached hydrogens (tertiary/aromatic N) is 1. The van der Waals surface area contributed by atoms with E-state index in [9.17, 15) is 9.59 Å². The molecule has 7 heteroatoms. The van der Waals surface area contributed by atoms with E-state index in [4.69, 9.17) is 9.63 Å². The maximum atomic E-state index is 12.0. The van der Waals surface area contributed by atoms with Crippen molar-refractivity contribution in [2.75, 3.05) is 0 Å². The molecule has 0 spiro atoms. The number of aliphatic carboxylic acids is 1. The maximum Gasteiger partial charge on any atom is 0.328 e. The highest BCUT2D eigenvalue weighted by Crippen LogP contribution is 2.18. The molecule has 0 unspecified atom stereocenters. The van der Waals surface area contributed by atoms with E-state index in [2.05, 4.69) is 10.5 Å². The Kier molecular flexibility index (Phi) is 4.31. The van der Waals surface area contributed by atoms with Crippen LogP contribution in [0.4, 0.5) is 0 Å². The fourth-order valence-corrected chi connectivity index (χ4v) is 2.35. The van der Waals surface area contributed by atoms with Crippen LogP contribution in [-0.4, -0.2) is 22.1 Å². The Hall–Kier alpha value is -2.41. The number of rotatable bonds is 5. The van der Waals surface area contributed by atoms with Gasteiger partial charge in [0, 0.05) is 12.1 Å². The minimum absolute atomic E-state index is 0.260. The number of carbonyl (C=O) groups excluding carboxylic acids is 1. The van der Waals surface area contributed by atoms with E-state index in [1.165, 1.54) is 17.4 Å². The lowest BCUT2D eigenvalue weighted by molar-refractivity contribution is -0.131. The molecule has 2 rings (SSSR count). The van der Waals surface area contributed by atoms with Crippen molar-refractivity contribution in [2.24, 2.45) is 0 Å². The molecule has 6 nitrogen and oxygen atoms in total. The average Bonchev–Trinajstić information content (AvgIpc) is 3.02. The number of thiophene rings is 1. The van der Waals surface area contributed by atoms with E-state index in [1.54, 1.807) is 24.4 Å². The lowest BCUT2D eigenvalue weighted by atomic mass is 10.2. The van der Waals surface area contributed by atoms with E-state index in [1.807, 2.05) is 0 Å². The summed E-state index contributed by atoms with van der Waals surface area (Å²) in [5.74, 6) is -0.651. The standard InChI is InChI=1S/C13H12N2O4S/c1-8-6-10(15-19-8)7-14-13(18)12-9(4-5-20-12)2-3-11(16)17/h2-6H,7H2,1H3,(H,14,18)(H,16,17). The number of carboxylic acids is 1. The van der Waals surface area contributed by atoms with Gasteiger partial charge in [-0.25, -0.2) is 4.79 Å². The van der Waals surface area contributed by atoms with Crippen molar-refractivity contribution in [2.45, 2.75) is 13.5 Å². The predicted molar refractivity (Wildman–Crippen MR) is 73.4 cm³/mol. The Morgan fingerprint density at radius 2 is 2.35 bits per heavy atom. The molecule has 2 aromatic rings. The van der Waals surface area contributed by atoms with Crippen LogP contribution in [0.1, 0.15) is 26.7 Å². The molecule has 0 aliphatic rings. The van der Waals surface area contributed by atoms with Crippen molar-refractivity contribution in [1.29, 1.82) is 0 Å². The van der Waals surface area contributed by atoms with Gasteiger partial charge in [0.25, 0.3) is 5.91 Å². The van der Waals surface area contributed by atoms with Gasteiger partial charge in [-0.2, -0.15) is 0 Å². The molecule has 0 atom stereocenters. The van der Waals surface area contributed by atoms with Crippen molar-refractivity contribution in [3.8, 4) is 0 Å². The third-order valence-corrected chi connectivity index (χ3v) is 3.34. The lowest BCUT2D eigenvalue weighted by Gasteiger charge is -2.01. The smallest absolute Gasteiger partial charge is 0.328 e. The first-order valence-corrected chi connectivity index (χ1v) is 6.63. The van der Waals surface area contributed by atoms with Crippen LogP contribution >= 0.6 is 11.3 Å². The number of carboxylic acid groups (broad SMARTS) is 1. The molecule has 0 radical (unpaired) electrons. The zero-order chi connectivity index (χ0) is 14.5. The van der Waals surface area contributed by atoms with Crippen LogP contribution in [0, 0.1) is 6.92 Å². The van der Waals surface area contributed by atoms with Crippen molar-refractivity contribution in [3.05, 3.63) is 45.5 Å². The first-order chi connectivity index (χ1) is 9.56. The van der Waals surface area contributed by atoms with Gasteiger partial charge in [-0.3, -0.25) is 4.79 Å². The summed E-state index contributed by atoms with van der Waals surface area (Å²) >= 11 is 1.25. The van der Waals surface area contributed by atoms with Gasteiger partial charge in [0.05, 0.1) is 11.4 Å². The molecule has 2 N–H and O–H groups in total. The van der Waals surface area contributed by atoms with Crippen molar-refractivity contribution >= 4 is 29.3 Å². The van der Waals surface area contributed by atoms with Gasteiger partial charge in [-0.05, 0) is 30.0 Å². The molecule has 0 aliphatic carbocycles. The number of hydrogen-bond donors (Lipinski definition) is 2. The second kappa shape index (κ2) is 6.16. The maximum absolute atomic E-state index is 12.0. The van der Waals surface area contributed by atoms with E-state index in [0.717, 1.165) is 6.08 Å². The normalized spacial score (nSPS) is 10.8. The van der Waals surface area contributed by atoms with E-state index in [0.29, 0.717) is 21.9 Å². The predicted octanol–water partition coefficient (Wildman–Crippen LogP) is 2.07. The number of carbonyl (C=O) groups is 2. The zero-order valence-electron chi connectivity index (χ0n) is 10.6. The molecule has 2 aromatic heterocycles. The van der Waals surface area contributed by atoms with Crippen LogP contribution in [0.3, 0.4) is 0 Å². The highest BCUT2D eigenvalue weighted by Gasteiger charge is 2.12. The third kappa shape index (κ3) is 3.55. The van der Waals surface area contributed by atoms with Gasteiger partial charge in [-0.1, -0.05) is 5.16 Å². The molecule has 0 aliphatic heterocycles. The number of nitrogens with one attached hydrogen (secondary N) is 1. The van der Waals surface area contributed by atoms with Crippen LogP contribution in [0.2, 0.25) is 0 Å². The summed E-state index contributed by atoms with van der Waals surface area (Å²) in [4.78, 5) is 23.0. The van der Waals surface area contributed by atoms with E-state index < -0.39 is 5.97 Å². The molecule has 104 valence electrons. The first-order valence-electron chi connectivity index (χ1n) is 5.75. The second-order valence-electron chi connectivity index (χ2n) is 3.99. The van der Waals surface area contributed by atoms with Crippen LogP contribution in [0.15, 0.2) is 28.1 Å². The Bertz CT molecular complexity index is 657. The van der Waals surface area contributed by atoms with Crippen LogP contribution in [0.5, 0.6) is 0 Å². The van der Waals surface area contributed by atoms with Gasteiger partial charge in [0.15, 0.2) is 0 Å². The summed E-state index contributed by atoms with van der Waals surface area (Å²) < 4.78 is 4.90. The third-order valence-electron chi connectivity index (χ3n) is 2.41. The Labute approximate surface area is 118 Å². The van der Waals surface area contributed by atoms with Crippen molar-refractivity contribution in [1.82, 2.24) is 10.5 Å². The fourth-order valence-electron chi connectivity index (χ4n) is 1.55. The minimum Gasteiger partial charge on any atom is -0.478 e. The zero-order valence-corrected chi connectivity index (χ0v) is 11.4. The first kappa shape index (κ1) is 14.0. The van der Waals surface area contributed by atoms with Crippen LogP contribution < -0.4 is 5.32 Å². The van der Waals surface area contributed by atoms with Crippen LogP contribution in [0.25, 0.3) is 6.08 Å². The van der Waals surface area contributed by atoms with Gasteiger partial charge < -0.3 is 14.9 Å². The van der Waals surface area contributed by atoms with Gasteiger partial charge >= 0.3 is 5.97 Å². The number of aryl methyl sites for hydroxylation is 1. The number of amides is 1. The average molecular weight is 292 g/mol. The molecular formula is C13H12N2O4S. The quantitative estimate of drug-likeness (QED) is 0.823. The Morgan fingerprint density at radius 3 is 3.00 bits per heavy atom. The summed E-state index contributed by atoms with van der Waals surface area (Å²) in [5, 5.41) is 16.8. The molecule has 0 saturated carbocycles. The van der Waals surface area contributed by atoms with Gasteiger partial charge in [0.2, 0.25) is 0 Å². The topological polar surface area (TPSA) is 92.4 Å². The van der Waals surface area contributed by atoms with Crippen LogP contribution in [-0.2, 0) is 11.3 Å². The second-order valence-corrected chi connectivity index (χ2v) is 4.90. The number of aromatic nitrogens is 1. The Balaban J connectivity index is 2.02. The van der Waals surface area contributed by atoms with Crippen molar-refractivity contribution in [3.63, 3.8) is 0 Å². The molecule has 20 heavy (non-hydrogen) atoms. The summed E-state index contributed by atoms with van der Waals surface area (Å²) in [6.07, 6.45) is 2.40. The molecule has 0 fully saturated rings. The molecular weight excluding hydrogens is 280 g/mol. The van der Waals surface area contributed by atoms with Gasteiger partial charge in [-0.15, -0.1) is 11.3 Å². The highest BCUT2D eigenvalue weighted by molar-refractivity contribution is 7.12. The van der Waals surface area contributed by atoms with Crippen molar-refractivity contribution < 1.29 is 19.2 Å².